The van der Waals surface area contributed by atoms with Gasteiger partial charge in [-0.3, -0.25) is 0 Å². The third-order valence-electron chi connectivity index (χ3n) is 2.57. The van der Waals surface area contributed by atoms with Crippen molar-refractivity contribution in [1.29, 1.82) is 0 Å². The molecular weight excluding hydrogens is 154 g/mol. The summed E-state index contributed by atoms with van der Waals surface area (Å²) in [5.74, 6) is 1.27. The molecule has 0 aromatic carbocycles. The minimum Gasteiger partial charge on any atom is -0.302 e. The second kappa shape index (κ2) is 3.36. The lowest BCUT2D eigenvalue weighted by molar-refractivity contribution is 0.301. The zero-order valence-electron chi connectivity index (χ0n) is 7.98. The fourth-order valence-corrected chi connectivity index (χ4v) is 2.76. The average Bonchev–Trinajstić information content (AvgIpc) is 2.36. The molecule has 0 spiro atoms. The van der Waals surface area contributed by atoms with Crippen molar-refractivity contribution < 1.29 is 0 Å². The van der Waals surface area contributed by atoms with Gasteiger partial charge in [0, 0.05) is 11.8 Å². The predicted octanol–water partition coefficient (Wildman–Crippen LogP) is 2.47. The van der Waals surface area contributed by atoms with Crippen LogP contribution >= 0.6 is 11.8 Å². The van der Waals surface area contributed by atoms with Gasteiger partial charge in [-0.15, -0.1) is 11.8 Å². The molecule has 1 aliphatic rings. The van der Waals surface area contributed by atoms with E-state index >= 15 is 0 Å². The first kappa shape index (κ1) is 9.40. The molecule has 0 aliphatic carbocycles. The maximum absolute atomic E-state index is 3.61. The van der Waals surface area contributed by atoms with Crippen LogP contribution in [-0.4, -0.2) is 17.2 Å². The fourth-order valence-electron chi connectivity index (χ4n) is 1.23. The molecule has 0 aromatic rings. The van der Waals surface area contributed by atoms with Crippen LogP contribution in [0.3, 0.4) is 0 Å². The summed E-state index contributed by atoms with van der Waals surface area (Å²) in [6, 6.07) is 0.704. The quantitative estimate of drug-likeness (QED) is 0.688. The minimum absolute atomic E-state index is 0.454. The maximum atomic E-state index is 3.61. The summed E-state index contributed by atoms with van der Waals surface area (Å²) >= 11 is 2.07. The van der Waals surface area contributed by atoms with Gasteiger partial charge < -0.3 is 5.32 Å². The van der Waals surface area contributed by atoms with Gasteiger partial charge in [0.25, 0.3) is 0 Å². The molecule has 1 nitrogen and oxygen atoms in total. The highest BCUT2D eigenvalue weighted by Crippen LogP contribution is 2.35. The van der Waals surface area contributed by atoms with E-state index in [1.54, 1.807) is 0 Å². The fraction of sp³-hybridized carbons (Fsp3) is 1.00. The first-order chi connectivity index (χ1) is 5.06. The lowest BCUT2D eigenvalue weighted by atomic mass is 9.90. The highest BCUT2D eigenvalue weighted by molar-refractivity contribution is 8.00. The second-order valence-corrected chi connectivity index (χ2v) is 5.26. The number of hydrogen-bond acceptors (Lipinski definition) is 2. The molecule has 1 aliphatic heterocycles. The van der Waals surface area contributed by atoms with Crippen LogP contribution in [0, 0.1) is 5.41 Å². The zero-order chi connectivity index (χ0) is 8.48. The van der Waals surface area contributed by atoms with Crippen molar-refractivity contribution in [2.45, 2.75) is 45.5 Å². The van der Waals surface area contributed by atoms with Crippen LogP contribution in [0.1, 0.15) is 34.1 Å². The predicted molar refractivity (Wildman–Crippen MR) is 52.9 cm³/mol. The van der Waals surface area contributed by atoms with Crippen LogP contribution in [0.15, 0.2) is 0 Å². The Morgan fingerprint density at radius 2 is 2.18 bits per heavy atom. The lowest BCUT2D eigenvalue weighted by Gasteiger charge is -2.29. The van der Waals surface area contributed by atoms with Crippen molar-refractivity contribution in [2.75, 3.05) is 5.75 Å². The molecule has 66 valence electrons. The van der Waals surface area contributed by atoms with Crippen LogP contribution in [0.4, 0.5) is 0 Å². The molecule has 0 bridgehead atoms. The Bertz CT molecular complexity index is 134. The van der Waals surface area contributed by atoms with Crippen LogP contribution in [0.25, 0.3) is 0 Å². The monoisotopic (exact) mass is 173 g/mol. The van der Waals surface area contributed by atoms with Gasteiger partial charge in [0.2, 0.25) is 0 Å². The molecule has 2 atom stereocenters. The zero-order valence-corrected chi connectivity index (χ0v) is 8.79. The van der Waals surface area contributed by atoms with Crippen molar-refractivity contribution in [1.82, 2.24) is 5.32 Å². The molecule has 0 saturated carbocycles. The Morgan fingerprint density at radius 1 is 1.55 bits per heavy atom. The normalized spacial score (nSPS) is 32.7. The summed E-state index contributed by atoms with van der Waals surface area (Å²) in [6.45, 7) is 9.22. The molecule has 0 amide bonds. The maximum Gasteiger partial charge on any atom is 0.0586 e. The summed E-state index contributed by atoms with van der Waals surface area (Å²) in [5.41, 5.74) is 0.454. The molecule has 0 aromatic heterocycles. The van der Waals surface area contributed by atoms with E-state index in [9.17, 15) is 0 Å². The third kappa shape index (κ3) is 2.12. The van der Waals surface area contributed by atoms with Crippen LogP contribution in [0.5, 0.6) is 0 Å². The summed E-state index contributed by atoms with van der Waals surface area (Å²) in [5, 5.41) is 4.28. The van der Waals surface area contributed by atoms with E-state index in [0.29, 0.717) is 16.8 Å². The van der Waals surface area contributed by atoms with Crippen LogP contribution < -0.4 is 5.32 Å². The molecule has 1 rings (SSSR count). The number of nitrogens with one attached hydrogen (secondary N) is 1. The standard InChI is InChI=1S/C9H19NS/c1-5-9(3,4)8-10-7(2)6-11-8/h7-8,10H,5-6H2,1-4H3. The average molecular weight is 173 g/mol. The van der Waals surface area contributed by atoms with E-state index in [-0.39, 0.29) is 0 Å². The van der Waals surface area contributed by atoms with E-state index in [0.717, 1.165) is 0 Å². The largest absolute Gasteiger partial charge is 0.302 e. The second-order valence-electron chi connectivity index (χ2n) is 4.12. The van der Waals surface area contributed by atoms with E-state index in [2.05, 4.69) is 44.8 Å². The van der Waals surface area contributed by atoms with Gasteiger partial charge in [-0.2, -0.15) is 0 Å². The number of hydrogen-bond donors (Lipinski definition) is 1. The van der Waals surface area contributed by atoms with Gasteiger partial charge in [0.1, 0.15) is 0 Å². The highest BCUT2D eigenvalue weighted by Gasteiger charge is 2.33. The van der Waals surface area contributed by atoms with Crippen molar-refractivity contribution >= 4 is 11.8 Å². The van der Waals surface area contributed by atoms with Gasteiger partial charge in [0.05, 0.1) is 5.37 Å². The van der Waals surface area contributed by atoms with Gasteiger partial charge >= 0.3 is 0 Å². The minimum atomic E-state index is 0.454. The van der Waals surface area contributed by atoms with E-state index in [1.165, 1.54) is 12.2 Å². The number of thioether (sulfide) groups is 1. The SMILES string of the molecule is CCC(C)(C)C1NC(C)CS1. The van der Waals surface area contributed by atoms with Crippen molar-refractivity contribution in [3.8, 4) is 0 Å². The van der Waals surface area contributed by atoms with Gasteiger partial charge in [-0.1, -0.05) is 20.8 Å². The van der Waals surface area contributed by atoms with Crippen LogP contribution in [-0.2, 0) is 0 Å². The van der Waals surface area contributed by atoms with E-state index < -0.39 is 0 Å². The molecule has 1 heterocycles. The lowest BCUT2D eigenvalue weighted by Crippen LogP contribution is -2.37. The number of rotatable bonds is 2. The van der Waals surface area contributed by atoms with Gasteiger partial charge in [0.15, 0.2) is 0 Å². The van der Waals surface area contributed by atoms with E-state index in [4.69, 9.17) is 0 Å². The molecule has 11 heavy (non-hydrogen) atoms. The molecule has 2 heteroatoms. The molecule has 1 fully saturated rings. The Labute approximate surface area is 74.3 Å². The van der Waals surface area contributed by atoms with Gasteiger partial charge in [-0.25, -0.2) is 0 Å². The Morgan fingerprint density at radius 3 is 2.55 bits per heavy atom. The van der Waals surface area contributed by atoms with Crippen molar-refractivity contribution in [3.63, 3.8) is 0 Å². The van der Waals surface area contributed by atoms with Crippen molar-refractivity contribution in [2.24, 2.45) is 5.41 Å². The molecule has 1 saturated heterocycles. The molecule has 1 N–H and O–H groups in total. The van der Waals surface area contributed by atoms with E-state index in [1.807, 2.05) is 0 Å². The summed E-state index contributed by atoms with van der Waals surface area (Å²) in [4.78, 5) is 0. The highest BCUT2D eigenvalue weighted by atomic mass is 32.2. The molecule has 2 unspecified atom stereocenters. The Balaban J connectivity index is 2.48. The molecule has 0 radical (unpaired) electrons. The molecular formula is C9H19NS. The Kier molecular flexibility index (Phi) is 2.87. The summed E-state index contributed by atoms with van der Waals surface area (Å²) < 4.78 is 0. The summed E-state index contributed by atoms with van der Waals surface area (Å²) in [6.07, 6.45) is 1.25. The topological polar surface area (TPSA) is 12.0 Å². The van der Waals surface area contributed by atoms with Crippen LogP contribution in [0.2, 0.25) is 0 Å². The van der Waals surface area contributed by atoms with Gasteiger partial charge in [-0.05, 0) is 18.8 Å². The van der Waals surface area contributed by atoms with Crippen molar-refractivity contribution in [3.05, 3.63) is 0 Å². The first-order valence-electron chi connectivity index (χ1n) is 4.44. The third-order valence-corrected chi connectivity index (χ3v) is 4.37. The Hall–Kier alpha value is 0.310. The summed E-state index contributed by atoms with van der Waals surface area (Å²) in [7, 11) is 0. The first-order valence-corrected chi connectivity index (χ1v) is 5.49. The smallest absolute Gasteiger partial charge is 0.0586 e.